The van der Waals surface area contributed by atoms with Crippen molar-refractivity contribution in [2.75, 3.05) is 18.4 Å². The smallest absolute Gasteiger partial charge is 0.257 e. The van der Waals surface area contributed by atoms with Crippen molar-refractivity contribution < 1.29 is 9.18 Å². The molecule has 1 aromatic carbocycles. The van der Waals surface area contributed by atoms with Gasteiger partial charge in [0.15, 0.2) is 0 Å². The van der Waals surface area contributed by atoms with Crippen LogP contribution in [0, 0.1) is 5.82 Å². The molecule has 0 saturated carbocycles. The Morgan fingerprint density at radius 2 is 2.17 bits per heavy atom. The van der Waals surface area contributed by atoms with Crippen LogP contribution in [-0.4, -0.2) is 39.9 Å². The zero-order valence-corrected chi connectivity index (χ0v) is 12.7. The van der Waals surface area contributed by atoms with E-state index in [0.717, 1.165) is 18.9 Å². The van der Waals surface area contributed by atoms with E-state index < -0.39 is 0 Å². The number of halogens is 1. The average molecular weight is 323 g/mol. The molecule has 0 radical (unpaired) electrons. The average Bonchev–Trinajstić information content (AvgIpc) is 3.23. The van der Waals surface area contributed by atoms with Gasteiger partial charge in [0, 0.05) is 18.3 Å². The Bertz CT molecular complexity index is 896. The molecular formula is C17H14FN5O. The van der Waals surface area contributed by atoms with Gasteiger partial charge in [0.1, 0.15) is 11.7 Å². The Hall–Kier alpha value is -3.22. The van der Waals surface area contributed by atoms with Gasteiger partial charge in [-0.05, 0) is 24.3 Å². The second kappa shape index (κ2) is 5.77. The fourth-order valence-corrected chi connectivity index (χ4v) is 2.71. The topological polar surface area (TPSA) is 73.4 Å². The number of fused-ring (bicyclic) bond motifs is 1. The van der Waals surface area contributed by atoms with E-state index in [9.17, 15) is 9.18 Å². The molecule has 2 N–H and O–H groups in total. The molecular weight excluding hydrogens is 309 g/mol. The molecule has 2 aliphatic rings. The van der Waals surface area contributed by atoms with Gasteiger partial charge in [-0.3, -0.25) is 14.9 Å². The summed E-state index contributed by atoms with van der Waals surface area (Å²) in [7, 11) is 0. The number of nitrogens with one attached hydrogen (secondary N) is 2. The van der Waals surface area contributed by atoms with Crippen molar-refractivity contribution in [1.29, 1.82) is 0 Å². The number of H-pyrrole nitrogens is 1. The van der Waals surface area contributed by atoms with E-state index in [1.807, 2.05) is 11.0 Å². The van der Waals surface area contributed by atoms with Crippen LogP contribution >= 0.6 is 0 Å². The second-order valence-corrected chi connectivity index (χ2v) is 5.44. The number of nitrogens with zero attached hydrogens (tertiary/aromatic N) is 3. The van der Waals surface area contributed by atoms with E-state index in [1.165, 1.54) is 12.3 Å². The van der Waals surface area contributed by atoms with Crippen LogP contribution in [0.2, 0.25) is 0 Å². The molecule has 4 rings (SSSR count). The summed E-state index contributed by atoms with van der Waals surface area (Å²) in [6.07, 6.45) is 6.77. The molecule has 0 unspecified atom stereocenters. The van der Waals surface area contributed by atoms with Crippen molar-refractivity contribution in [3.63, 3.8) is 0 Å². The van der Waals surface area contributed by atoms with E-state index in [0.29, 0.717) is 22.5 Å². The second-order valence-electron chi connectivity index (χ2n) is 5.44. The molecule has 24 heavy (non-hydrogen) atoms. The van der Waals surface area contributed by atoms with Gasteiger partial charge in [-0.25, -0.2) is 4.39 Å². The standard InChI is InChI=1S/C17H14FN5O/c18-13-4-2-1-3-12(13)16-14(9-20-22-16)21-17(24)11-5-6-15-19-7-8-23(15)10-11/h1-6,9-10H,7-8H2,(H,20,22)(H,21,24). The first-order valence-corrected chi connectivity index (χ1v) is 7.53. The van der Waals surface area contributed by atoms with Gasteiger partial charge in [0.25, 0.3) is 5.91 Å². The predicted octanol–water partition coefficient (Wildman–Crippen LogP) is 2.32. The number of anilines is 1. The van der Waals surface area contributed by atoms with Crippen molar-refractivity contribution in [2.45, 2.75) is 0 Å². The highest BCUT2D eigenvalue weighted by Crippen LogP contribution is 2.28. The minimum atomic E-state index is -0.382. The summed E-state index contributed by atoms with van der Waals surface area (Å²) in [6.45, 7) is 1.49. The van der Waals surface area contributed by atoms with Crippen LogP contribution in [0.15, 0.2) is 59.4 Å². The number of aromatic nitrogens is 2. The van der Waals surface area contributed by atoms with Crippen LogP contribution in [0.25, 0.3) is 11.3 Å². The highest BCUT2D eigenvalue weighted by atomic mass is 19.1. The van der Waals surface area contributed by atoms with Crippen LogP contribution in [0.3, 0.4) is 0 Å². The van der Waals surface area contributed by atoms with Crippen LogP contribution in [0.1, 0.15) is 0 Å². The van der Waals surface area contributed by atoms with Crippen LogP contribution in [-0.2, 0) is 4.79 Å². The molecule has 0 spiro atoms. The van der Waals surface area contributed by atoms with Crippen LogP contribution in [0.5, 0.6) is 0 Å². The van der Waals surface area contributed by atoms with Gasteiger partial charge in [-0.2, -0.15) is 5.10 Å². The molecule has 6 nitrogen and oxygen atoms in total. The van der Waals surface area contributed by atoms with Crippen molar-refractivity contribution in [3.05, 3.63) is 60.2 Å². The van der Waals surface area contributed by atoms with Crippen molar-refractivity contribution >= 4 is 17.4 Å². The Morgan fingerprint density at radius 3 is 3.04 bits per heavy atom. The third kappa shape index (κ3) is 2.50. The highest BCUT2D eigenvalue weighted by Gasteiger charge is 2.21. The number of aliphatic imine (C=N–C) groups is 1. The van der Waals surface area contributed by atoms with E-state index in [4.69, 9.17) is 0 Å². The summed E-state index contributed by atoms with van der Waals surface area (Å²) in [5.41, 5.74) is 1.73. The maximum absolute atomic E-state index is 14.0. The fraction of sp³-hybridized carbons (Fsp3) is 0.118. The molecule has 2 aromatic rings. The number of benzene rings is 1. The molecule has 3 heterocycles. The highest BCUT2D eigenvalue weighted by molar-refractivity contribution is 6.10. The number of carbonyl (C=O) groups excluding carboxylic acids is 1. The number of rotatable bonds is 3. The third-order valence-electron chi connectivity index (χ3n) is 3.91. The zero-order valence-electron chi connectivity index (χ0n) is 12.7. The number of hydrogen-bond acceptors (Lipinski definition) is 4. The van der Waals surface area contributed by atoms with Gasteiger partial charge >= 0.3 is 0 Å². The molecule has 1 aromatic heterocycles. The van der Waals surface area contributed by atoms with Crippen LogP contribution < -0.4 is 5.32 Å². The molecule has 0 bridgehead atoms. The lowest BCUT2D eigenvalue weighted by Gasteiger charge is -2.18. The molecule has 0 atom stereocenters. The van der Waals surface area contributed by atoms with Crippen molar-refractivity contribution in [3.8, 4) is 11.3 Å². The Labute approximate surface area is 137 Å². The minimum Gasteiger partial charge on any atom is -0.331 e. The first kappa shape index (κ1) is 14.4. The third-order valence-corrected chi connectivity index (χ3v) is 3.91. The fourth-order valence-electron chi connectivity index (χ4n) is 2.71. The zero-order chi connectivity index (χ0) is 16.5. The molecule has 0 aliphatic carbocycles. The molecule has 0 fully saturated rings. The normalized spacial score (nSPS) is 15.8. The van der Waals surface area contributed by atoms with Gasteiger partial charge in [-0.15, -0.1) is 0 Å². The van der Waals surface area contributed by atoms with Crippen molar-refractivity contribution in [2.24, 2.45) is 4.99 Å². The first-order chi connectivity index (χ1) is 11.7. The van der Waals surface area contributed by atoms with E-state index >= 15 is 0 Å². The Kier molecular flexibility index (Phi) is 3.45. The van der Waals surface area contributed by atoms with E-state index in [1.54, 1.807) is 30.5 Å². The quantitative estimate of drug-likeness (QED) is 0.910. The minimum absolute atomic E-state index is 0.281. The summed E-state index contributed by atoms with van der Waals surface area (Å²) < 4.78 is 14.0. The lowest BCUT2D eigenvalue weighted by molar-refractivity contribution is -0.112. The first-order valence-electron chi connectivity index (χ1n) is 7.53. The van der Waals surface area contributed by atoms with E-state index in [-0.39, 0.29) is 11.7 Å². The summed E-state index contributed by atoms with van der Waals surface area (Å²) in [6, 6.07) is 6.33. The molecule has 2 aliphatic heterocycles. The lowest BCUT2D eigenvalue weighted by atomic mass is 10.1. The molecule has 0 saturated heterocycles. The van der Waals surface area contributed by atoms with Gasteiger partial charge < -0.3 is 10.2 Å². The summed E-state index contributed by atoms with van der Waals surface area (Å²) in [5, 5.41) is 9.43. The maximum atomic E-state index is 14.0. The monoisotopic (exact) mass is 323 g/mol. The molecule has 120 valence electrons. The van der Waals surface area contributed by atoms with E-state index in [2.05, 4.69) is 20.5 Å². The summed E-state index contributed by atoms with van der Waals surface area (Å²) in [5.74, 6) is 0.199. The van der Waals surface area contributed by atoms with Gasteiger partial charge in [0.2, 0.25) is 0 Å². The summed E-state index contributed by atoms with van der Waals surface area (Å²) >= 11 is 0. The SMILES string of the molecule is O=C(Nc1cn[nH]c1-c1ccccc1F)C1=CN2CCN=C2C=C1. The largest absolute Gasteiger partial charge is 0.331 e. The number of hydrogen-bond donors (Lipinski definition) is 2. The van der Waals surface area contributed by atoms with Crippen LogP contribution in [0.4, 0.5) is 10.1 Å². The number of carbonyl (C=O) groups is 1. The van der Waals surface area contributed by atoms with Crippen molar-refractivity contribution in [1.82, 2.24) is 15.1 Å². The Balaban J connectivity index is 1.58. The Morgan fingerprint density at radius 1 is 1.29 bits per heavy atom. The molecule has 7 heteroatoms. The number of amidine groups is 1. The molecule has 1 amide bonds. The summed E-state index contributed by atoms with van der Waals surface area (Å²) in [4.78, 5) is 18.7. The number of amides is 1. The predicted molar refractivity (Wildman–Crippen MR) is 88.8 cm³/mol. The maximum Gasteiger partial charge on any atom is 0.257 e. The van der Waals surface area contributed by atoms with Gasteiger partial charge in [-0.1, -0.05) is 12.1 Å². The number of aromatic amines is 1. The van der Waals surface area contributed by atoms with Gasteiger partial charge in [0.05, 0.1) is 29.7 Å². The lowest BCUT2D eigenvalue weighted by Crippen LogP contribution is -2.26.